The molecule has 0 aromatic rings. The van der Waals surface area contributed by atoms with Crippen LogP contribution in [0.4, 0.5) is 0 Å². The monoisotopic (exact) mass is 291 g/mol. The van der Waals surface area contributed by atoms with Crippen molar-refractivity contribution in [3.8, 4) is 6.07 Å². The minimum absolute atomic E-state index is 0.160. The van der Waals surface area contributed by atoms with Crippen molar-refractivity contribution in [2.45, 2.75) is 6.92 Å². The Kier molecular flexibility index (Phi) is 4.24. The number of hydrogen-bond acceptors (Lipinski definition) is 5. The summed E-state index contributed by atoms with van der Waals surface area (Å²) in [5.41, 5.74) is 0.912. The molecule has 2 aliphatic heterocycles. The third kappa shape index (κ3) is 2.32. The zero-order valence-electron chi connectivity index (χ0n) is 8.27. The van der Waals surface area contributed by atoms with E-state index in [1.54, 1.807) is 11.8 Å². The van der Waals surface area contributed by atoms with Crippen molar-refractivity contribution in [3.05, 3.63) is 20.1 Å². The van der Waals surface area contributed by atoms with E-state index in [9.17, 15) is 0 Å². The van der Waals surface area contributed by atoms with E-state index in [1.807, 2.05) is 39.6 Å². The van der Waals surface area contributed by atoms with Gasteiger partial charge in [-0.1, -0.05) is 15.5 Å². The second-order valence-electron chi connectivity index (χ2n) is 2.64. The molecular weight excluding hydrogens is 282 g/mol. The van der Waals surface area contributed by atoms with E-state index in [1.165, 1.54) is 13.3 Å². The number of thioether (sulfide) groups is 2. The average Bonchev–Trinajstić information content (AvgIpc) is 2.74. The first-order chi connectivity index (χ1) is 7.30. The fourth-order valence-corrected chi connectivity index (χ4v) is 11.9. The van der Waals surface area contributed by atoms with Crippen LogP contribution in [0.2, 0.25) is 0 Å². The summed E-state index contributed by atoms with van der Waals surface area (Å²) in [5, 5.41) is 9.13. The third-order valence-electron chi connectivity index (χ3n) is 1.77. The molecule has 0 aliphatic carbocycles. The van der Waals surface area contributed by atoms with E-state index in [2.05, 4.69) is 19.1 Å². The van der Waals surface area contributed by atoms with Gasteiger partial charge in [0.2, 0.25) is 0 Å². The maximum Gasteiger partial charge on any atom is 0.102 e. The van der Waals surface area contributed by atoms with Crippen LogP contribution in [-0.2, 0) is 0 Å². The molecule has 2 aliphatic rings. The molecule has 6 heteroatoms. The first-order valence-corrected chi connectivity index (χ1v) is 10.4. The topological polar surface area (TPSA) is 23.8 Å². The van der Waals surface area contributed by atoms with E-state index >= 15 is 0 Å². The van der Waals surface area contributed by atoms with E-state index in [4.69, 9.17) is 5.26 Å². The number of hydrogen-bond donors (Lipinski definition) is 0. The Balaban J connectivity index is 2.25. The number of rotatable bonds is 3. The van der Waals surface area contributed by atoms with Crippen LogP contribution in [-0.4, -0.2) is 16.9 Å². The van der Waals surface area contributed by atoms with Crippen LogP contribution < -0.4 is 0 Å². The second kappa shape index (κ2) is 5.28. The number of nitriles is 1. The minimum Gasteiger partial charge on any atom is -0.192 e. The predicted octanol–water partition coefficient (Wildman–Crippen LogP) is 4.44. The number of nitrogens with zero attached hydrogens (tertiary/aromatic N) is 1. The van der Waals surface area contributed by atoms with Gasteiger partial charge in [-0.3, -0.25) is 0 Å². The molecular formula is C9H9NS5. The molecule has 0 bridgehead atoms. The van der Waals surface area contributed by atoms with E-state index < -0.39 is 0 Å². The molecule has 80 valence electrons. The largest absolute Gasteiger partial charge is 0.192 e. The van der Waals surface area contributed by atoms with Crippen LogP contribution in [0.3, 0.4) is 0 Å². The van der Waals surface area contributed by atoms with E-state index in [-0.39, 0.29) is 8.55 Å². The zero-order valence-corrected chi connectivity index (χ0v) is 12.4. The smallest absolute Gasteiger partial charge is 0.102 e. The molecule has 15 heavy (non-hydrogen) atoms. The van der Waals surface area contributed by atoms with Gasteiger partial charge in [0.1, 0.15) is 6.07 Å². The second-order valence-corrected chi connectivity index (χ2v) is 11.0. The summed E-state index contributed by atoms with van der Waals surface area (Å²) in [7, 11) is 3.93. The van der Waals surface area contributed by atoms with Crippen molar-refractivity contribution in [1.29, 1.82) is 5.26 Å². The zero-order chi connectivity index (χ0) is 10.8. The molecule has 0 aromatic carbocycles. The summed E-state index contributed by atoms with van der Waals surface area (Å²) in [6.07, 6.45) is 4.25. The molecule has 0 amide bonds. The summed E-state index contributed by atoms with van der Waals surface area (Å²) >= 11 is 3.57. The summed E-state index contributed by atoms with van der Waals surface area (Å²) in [6, 6.07) is 2.34. The molecule has 0 radical (unpaired) electrons. The first kappa shape index (κ1) is 12.1. The molecule has 2 rings (SSSR count). The first-order valence-electron chi connectivity index (χ1n) is 4.31. The van der Waals surface area contributed by atoms with Gasteiger partial charge in [-0.05, 0) is 39.7 Å². The maximum absolute atomic E-state index is 9.13. The Morgan fingerprint density at radius 3 is 2.93 bits per heavy atom. The van der Waals surface area contributed by atoms with Gasteiger partial charge in [-0.2, -0.15) is 5.26 Å². The van der Waals surface area contributed by atoms with Gasteiger partial charge in [-0.15, -0.1) is 23.5 Å². The summed E-state index contributed by atoms with van der Waals surface area (Å²) < 4.78 is 2.57. The predicted molar refractivity (Wildman–Crippen MR) is 80.1 cm³/mol. The summed E-state index contributed by atoms with van der Waals surface area (Å²) in [5.74, 6) is 1.11. The average molecular weight is 292 g/mol. The van der Waals surface area contributed by atoms with Crippen LogP contribution in [0.1, 0.15) is 6.92 Å². The van der Waals surface area contributed by atoms with Crippen molar-refractivity contribution in [1.82, 2.24) is 0 Å². The highest BCUT2D eigenvalue weighted by atomic mass is 33.5. The Hall–Kier alpha value is 0.590. The lowest BCUT2D eigenvalue weighted by Crippen LogP contribution is -1.91. The molecule has 1 atom stereocenters. The van der Waals surface area contributed by atoms with Crippen LogP contribution in [0.5, 0.6) is 0 Å². The lowest BCUT2D eigenvalue weighted by Gasteiger charge is -2.02. The van der Waals surface area contributed by atoms with Crippen molar-refractivity contribution >= 4 is 58.5 Å². The fraction of sp³-hybridized carbons (Fsp3) is 0.333. The van der Waals surface area contributed by atoms with Crippen LogP contribution >= 0.6 is 53.7 Å². The SMILES string of the molecule is CCSC1=CC2=S(S1)SC(SC)=C2C#N. The van der Waals surface area contributed by atoms with Gasteiger partial charge >= 0.3 is 0 Å². The molecule has 0 spiro atoms. The van der Waals surface area contributed by atoms with Crippen LogP contribution in [0.25, 0.3) is 0 Å². The highest BCUT2D eigenvalue weighted by Gasteiger charge is 2.29. The molecule has 1 unspecified atom stereocenters. The Morgan fingerprint density at radius 2 is 2.33 bits per heavy atom. The molecule has 0 saturated carbocycles. The Bertz CT molecular complexity index is 426. The normalized spacial score (nSPS) is 24.2. The standard InChI is InChI=1S/C9H9NS5/c1-3-12-8-4-7-6(5-10)9(11-2)14-15(7)13-8/h4H,3H2,1-2H3. The highest BCUT2D eigenvalue weighted by Crippen LogP contribution is 2.64. The quantitative estimate of drug-likeness (QED) is 0.565. The van der Waals surface area contributed by atoms with Crippen molar-refractivity contribution in [3.63, 3.8) is 0 Å². The van der Waals surface area contributed by atoms with Crippen LogP contribution in [0, 0.1) is 11.3 Å². The lowest BCUT2D eigenvalue weighted by molar-refractivity contribution is 1.52. The van der Waals surface area contributed by atoms with Gasteiger partial charge < -0.3 is 0 Å². The number of allylic oxidation sites excluding steroid dienone is 2. The minimum atomic E-state index is 0.160. The maximum atomic E-state index is 9.13. The van der Waals surface area contributed by atoms with Crippen molar-refractivity contribution in [2.24, 2.45) is 0 Å². The van der Waals surface area contributed by atoms with E-state index in [0.717, 1.165) is 11.3 Å². The van der Waals surface area contributed by atoms with Crippen molar-refractivity contribution in [2.75, 3.05) is 12.0 Å². The van der Waals surface area contributed by atoms with Gasteiger partial charge in [0.05, 0.1) is 14.0 Å². The summed E-state index contributed by atoms with van der Waals surface area (Å²) in [4.78, 5) is 1.26. The van der Waals surface area contributed by atoms with Gasteiger partial charge in [0, 0.05) is 4.86 Å². The third-order valence-corrected chi connectivity index (χ3v) is 10.9. The van der Waals surface area contributed by atoms with E-state index in [0.29, 0.717) is 0 Å². The van der Waals surface area contributed by atoms with Crippen LogP contribution in [0.15, 0.2) is 20.1 Å². The lowest BCUT2D eigenvalue weighted by atomic mass is 10.2. The Morgan fingerprint density at radius 1 is 1.53 bits per heavy atom. The van der Waals surface area contributed by atoms with Crippen molar-refractivity contribution < 1.29 is 0 Å². The van der Waals surface area contributed by atoms with Gasteiger partial charge in [-0.25, -0.2) is 0 Å². The summed E-state index contributed by atoms with van der Waals surface area (Å²) in [6.45, 7) is 2.16. The fourth-order valence-electron chi connectivity index (χ4n) is 1.17. The molecule has 0 saturated heterocycles. The molecule has 1 nitrogen and oxygen atoms in total. The van der Waals surface area contributed by atoms with Gasteiger partial charge in [0.25, 0.3) is 0 Å². The molecule has 0 fully saturated rings. The molecule has 0 N–H and O–H groups in total. The Labute approximate surface area is 108 Å². The van der Waals surface area contributed by atoms with Gasteiger partial charge in [0.15, 0.2) is 0 Å². The highest BCUT2D eigenvalue weighted by molar-refractivity contribution is 9.18. The molecule has 2 heterocycles. The molecule has 0 aromatic heterocycles.